The van der Waals surface area contributed by atoms with Gasteiger partial charge < -0.3 is 9.47 Å². The monoisotopic (exact) mass is 303 g/mol. The molecule has 3 heterocycles. The van der Waals surface area contributed by atoms with Gasteiger partial charge in [0, 0.05) is 25.0 Å². The summed E-state index contributed by atoms with van der Waals surface area (Å²) in [5, 5.41) is 7.20. The molecule has 0 fully saturated rings. The molecular weight excluding hydrogens is 295 g/mol. The van der Waals surface area contributed by atoms with Crippen LogP contribution in [0.2, 0.25) is 5.15 Å². The van der Waals surface area contributed by atoms with Crippen molar-refractivity contribution in [1.29, 1.82) is 0 Å². The normalized spacial score (nSPS) is 15.3. The van der Waals surface area contributed by atoms with E-state index in [1.807, 2.05) is 4.90 Å². The van der Waals surface area contributed by atoms with Crippen LogP contribution < -0.4 is 4.90 Å². The Bertz CT molecular complexity index is 639. The smallest absolute Gasteiger partial charge is 0.362 e. The lowest BCUT2D eigenvalue weighted by Crippen LogP contribution is -2.35. The molecule has 0 radical (unpaired) electrons. The second-order valence-corrected chi connectivity index (χ2v) is 4.73. The van der Waals surface area contributed by atoms with Crippen LogP contribution in [0.4, 0.5) is 18.9 Å². The van der Waals surface area contributed by atoms with Gasteiger partial charge in [0.05, 0.1) is 6.54 Å². The Morgan fingerprint density at radius 3 is 2.70 bits per heavy atom. The lowest BCUT2D eigenvalue weighted by molar-refractivity contribution is -0.147. The summed E-state index contributed by atoms with van der Waals surface area (Å²) in [6.07, 6.45) is -2.93. The van der Waals surface area contributed by atoms with Gasteiger partial charge in [-0.05, 0) is 12.1 Å². The highest BCUT2D eigenvalue weighted by atomic mass is 35.5. The van der Waals surface area contributed by atoms with E-state index in [1.54, 1.807) is 18.3 Å². The average Bonchev–Trinajstić information content (AvgIpc) is 2.81. The lowest BCUT2D eigenvalue weighted by Gasteiger charge is -2.29. The Morgan fingerprint density at radius 1 is 1.20 bits per heavy atom. The zero-order chi connectivity index (χ0) is 14.3. The predicted octanol–water partition coefficient (Wildman–Crippen LogP) is 2.37. The number of aromatic nitrogens is 4. The van der Waals surface area contributed by atoms with Crippen molar-refractivity contribution >= 4 is 17.3 Å². The Balaban J connectivity index is 1.88. The molecule has 0 unspecified atom stereocenters. The topological polar surface area (TPSA) is 46.8 Å². The first-order chi connectivity index (χ1) is 9.45. The van der Waals surface area contributed by atoms with Gasteiger partial charge in [-0.15, -0.1) is 10.2 Å². The molecule has 9 heteroatoms. The van der Waals surface area contributed by atoms with Crippen molar-refractivity contribution in [1.82, 2.24) is 19.7 Å². The van der Waals surface area contributed by atoms with Crippen molar-refractivity contribution in [3.8, 4) is 0 Å². The summed E-state index contributed by atoms with van der Waals surface area (Å²) < 4.78 is 39.3. The minimum absolute atomic E-state index is 0.178. The second kappa shape index (κ2) is 4.62. The molecule has 1 aliphatic rings. The molecule has 0 saturated carbocycles. The van der Waals surface area contributed by atoms with Crippen molar-refractivity contribution in [2.24, 2.45) is 0 Å². The number of anilines is 1. The third-order valence-corrected chi connectivity index (χ3v) is 3.29. The molecule has 0 aliphatic carbocycles. The Hall–Kier alpha value is -1.83. The summed E-state index contributed by atoms with van der Waals surface area (Å²) in [6.45, 7) is 0.856. The summed E-state index contributed by atoms with van der Waals surface area (Å²) in [5.41, 5.74) is 0.799. The number of halogens is 4. The SMILES string of the molecule is FC(F)(F)c1nnc2n1CCN(c1ccnc(Cl)c1)C2. The maximum atomic E-state index is 12.7. The Morgan fingerprint density at radius 2 is 2.00 bits per heavy atom. The molecule has 0 N–H and O–H groups in total. The highest BCUT2D eigenvalue weighted by molar-refractivity contribution is 6.29. The molecule has 20 heavy (non-hydrogen) atoms. The summed E-state index contributed by atoms with van der Waals surface area (Å²) >= 11 is 5.81. The number of rotatable bonds is 1. The minimum Gasteiger partial charge on any atom is -0.362 e. The van der Waals surface area contributed by atoms with E-state index in [4.69, 9.17) is 11.6 Å². The molecule has 0 amide bonds. The van der Waals surface area contributed by atoms with E-state index in [1.165, 1.54) is 0 Å². The summed E-state index contributed by atoms with van der Waals surface area (Å²) in [6, 6.07) is 3.42. The summed E-state index contributed by atoms with van der Waals surface area (Å²) in [4.78, 5) is 5.76. The number of alkyl halides is 3. The number of nitrogens with zero attached hydrogens (tertiary/aromatic N) is 5. The molecule has 0 aromatic carbocycles. The molecule has 1 aliphatic heterocycles. The molecule has 5 nitrogen and oxygen atoms in total. The fraction of sp³-hybridized carbons (Fsp3) is 0.364. The van der Waals surface area contributed by atoms with Crippen molar-refractivity contribution in [3.63, 3.8) is 0 Å². The first-order valence-electron chi connectivity index (χ1n) is 5.81. The van der Waals surface area contributed by atoms with E-state index in [0.717, 1.165) is 10.3 Å². The first kappa shape index (κ1) is 13.2. The average molecular weight is 304 g/mol. The molecule has 3 rings (SSSR count). The molecular formula is C11H9ClF3N5. The molecule has 0 bridgehead atoms. The number of hydrogen-bond acceptors (Lipinski definition) is 4. The predicted molar refractivity (Wildman–Crippen MR) is 65.3 cm³/mol. The van der Waals surface area contributed by atoms with Crippen LogP contribution in [-0.2, 0) is 19.3 Å². The number of pyridine rings is 1. The first-order valence-corrected chi connectivity index (χ1v) is 6.19. The highest BCUT2D eigenvalue weighted by Gasteiger charge is 2.39. The van der Waals surface area contributed by atoms with Gasteiger partial charge in [-0.25, -0.2) is 4.98 Å². The van der Waals surface area contributed by atoms with E-state index >= 15 is 0 Å². The van der Waals surface area contributed by atoms with Crippen LogP contribution in [-0.4, -0.2) is 26.3 Å². The largest absolute Gasteiger partial charge is 0.451 e. The molecule has 0 spiro atoms. The Kier molecular flexibility index (Phi) is 3.04. The zero-order valence-electron chi connectivity index (χ0n) is 10.1. The van der Waals surface area contributed by atoms with Crippen LogP contribution in [0.1, 0.15) is 11.6 Å². The van der Waals surface area contributed by atoms with Crippen molar-refractivity contribution < 1.29 is 13.2 Å². The van der Waals surface area contributed by atoms with Crippen LogP contribution in [0.15, 0.2) is 18.3 Å². The van der Waals surface area contributed by atoms with E-state index in [-0.39, 0.29) is 18.9 Å². The summed E-state index contributed by atoms with van der Waals surface area (Å²) in [5.74, 6) is -0.656. The van der Waals surface area contributed by atoms with Gasteiger partial charge in [0.15, 0.2) is 5.82 Å². The zero-order valence-corrected chi connectivity index (χ0v) is 10.9. The maximum absolute atomic E-state index is 12.7. The molecule has 2 aromatic rings. The van der Waals surface area contributed by atoms with Gasteiger partial charge >= 0.3 is 6.18 Å². The van der Waals surface area contributed by atoms with Crippen molar-refractivity contribution in [3.05, 3.63) is 35.1 Å². The number of hydrogen-bond donors (Lipinski definition) is 0. The third kappa shape index (κ3) is 2.31. The van der Waals surface area contributed by atoms with Crippen LogP contribution in [0, 0.1) is 0 Å². The van der Waals surface area contributed by atoms with Crippen molar-refractivity contribution in [2.45, 2.75) is 19.3 Å². The standard InChI is InChI=1S/C11H9ClF3N5/c12-8-5-7(1-2-16-8)19-3-4-20-9(6-19)17-18-10(20)11(13,14)15/h1-2,5H,3-4,6H2. The van der Waals surface area contributed by atoms with Crippen LogP contribution >= 0.6 is 11.6 Å². The van der Waals surface area contributed by atoms with E-state index < -0.39 is 12.0 Å². The van der Waals surface area contributed by atoms with Crippen LogP contribution in [0.3, 0.4) is 0 Å². The van der Waals surface area contributed by atoms with Crippen LogP contribution in [0.25, 0.3) is 0 Å². The molecule has 0 saturated heterocycles. The highest BCUT2D eigenvalue weighted by Crippen LogP contribution is 2.30. The molecule has 0 atom stereocenters. The van der Waals surface area contributed by atoms with Crippen LogP contribution in [0.5, 0.6) is 0 Å². The van der Waals surface area contributed by atoms with Gasteiger partial charge in [-0.2, -0.15) is 13.2 Å². The minimum atomic E-state index is -4.48. The van der Waals surface area contributed by atoms with E-state index in [2.05, 4.69) is 15.2 Å². The van der Waals surface area contributed by atoms with E-state index in [0.29, 0.717) is 11.7 Å². The fourth-order valence-corrected chi connectivity index (χ4v) is 2.34. The quantitative estimate of drug-likeness (QED) is 0.759. The Labute approximate surface area is 117 Å². The lowest BCUT2D eigenvalue weighted by atomic mass is 10.3. The number of fused-ring (bicyclic) bond motifs is 1. The second-order valence-electron chi connectivity index (χ2n) is 4.35. The third-order valence-electron chi connectivity index (χ3n) is 3.08. The summed E-state index contributed by atoms with van der Waals surface area (Å²) in [7, 11) is 0. The molecule has 106 valence electrons. The van der Waals surface area contributed by atoms with Gasteiger partial charge in [-0.1, -0.05) is 11.6 Å². The van der Waals surface area contributed by atoms with Crippen molar-refractivity contribution in [2.75, 3.05) is 11.4 Å². The molecule has 2 aromatic heterocycles. The fourth-order valence-electron chi connectivity index (χ4n) is 2.18. The van der Waals surface area contributed by atoms with Gasteiger partial charge in [0.2, 0.25) is 5.82 Å². The van der Waals surface area contributed by atoms with Gasteiger partial charge in [0.1, 0.15) is 5.15 Å². The van der Waals surface area contributed by atoms with E-state index in [9.17, 15) is 13.2 Å². The van der Waals surface area contributed by atoms with Gasteiger partial charge in [-0.3, -0.25) is 0 Å². The maximum Gasteiger partial charge on any atom is 0.451 e. The van der Waals surface area contributed by atoms with Gasteiger partial charge in [0.25, 0.3) is 0 Å².